The minimum Gasteiger partial charge on any atom is -0.487 e. The molecular formula is C16H21FO2. The smallest absolute Gasteiger partial charge is 0.165 e. The van der Waals surface area contributed by atoms with E-state index < -0.39 is 5.82 Å². The maximum absolute atomic E-state index is 13.9. The molecule has 0 bridgehead atoms. The van der Waals surface area contributed by atoms with Crippen LogP contribution in [0.4, 0.5) is 4.39 Å². The van der Waals surface area contributed by atoms with E-state index >= 15 is 0 Å². The molecule has 0 spiro atoms. The fourth-order valence-corrected chi connectivity index (χ4v) is 2.96. The quantitative estimate of drug-likeness (QED) is 0.764. The minimum atomic E-state index is -0.446. The van der Waals surface area contributed by atoms with Gasteiger partial charge in [-0.2, -0.15) is 0 Å². The zero-order valence-corrected chi connectivity index (χ0v) is 11.8. The average Bonchev–Trinajstić information content (AvgIpc) is 2.30. The van der Waals surface area contributed by atoms with Gasteiger partial charge in [0.15, 0.2) is 17.3 Å². The Bertz CT molecular complexity index is 460. The molecule has 2 nitrogen and oxygen atoms in total. The number of Topliss-reactive ketones (excluding diaryl/α,β-unsaturated/α-hetero) is 1. The van der Waals surface area contributed by atoms with Gasteiger partial charge in [-0.05, 0) is 56.2 Å². The van der Waals surface area contributed by atoms with Crippen molar-refractivity contribution in [3.8, 4) is 5.75 Å². The van der Waals surface area contributed by atoms with Crippen molar-refractivity contribution in [2.75, 3.05) is 0 Å². The van der Waals surface area contributed by atoms with Crippen LogP contribution in [-0.2, 0) is 0 Å². The SMILES string of the molecule is CC(=O)c1ccc(OC2CC(C)CC(C)C2)c(F)c1. The van der Waals surface area contributed by atoms with Crippen molar-refractivity contribution in [2.45, 2.75) is 46.1 Å². The van der Waals surface area contributed by atoms with Gasteiger partial charge in [-0.25, -0.2) is 4.39 Å². The van der Waals surface area contributed by atoms with E-state index in [2.05, 4.69) is 13.8 Å². The van der Waals surface area contributed by atoms with E-state index in [4.69, 9.17) is 4.74 Å². The Morgan fingerprint density at radius 2 is 1.84 bits per heavy atom. The van der Waals surface area contributed by atoms with Crippen LogP contribution in [0.25, 0.3) is 0 Å². The minimum absolute atomic E-state index is 0.0800. The van der Waals surface area contributed by atoms with Crippen LogP contribution in [0, 0.1) is 17.7 Å². The molecule has 1 aromatic carbocycles. The number of hydrogen-bond donors (Lipinski definition) is 0. The zero-order chi connectivity index (χ0) is 14.0. The van der Waals surface area contributed by atoms with E-state index in [1.165, 1.54) is 19.4 Å². The van der Waals surface area contributed by atoms with Crippen LogP contribution < -0.4 is 4.74 Å². The maximum Gasteiger partial charge on any atom is 0.165 e. The van der Waals surface area contributed by atoms with Crippen LogP contribution in [0.1, 0.15) is 50.4 Å². The number of ketones is 1. The van der Waals surface area contributed by atoms with Crippen molar-refractivity contribution in [2.24, 2.45) is 11.8 Å². The molecule has 0 radical (unpaired) electrons. The van der Waals surface area contributed by atoms with Gasteiger partial charge in [0.25, 0.3) is 0 Å². The summed E-state index contributed by atoms with van der Waals surface area (Å²) in [6.45, 7) is 5.85. The first-order valence-electron chi connectivity index (χ1n) is 6.93. The second kappa shape index (κ2) is 5.72. The average molecular weight is 264 g/mol. The summed E-state index contributed by atoms with van der Waals surface area (Å²) in [6.07, 6.45) is 3.23. The summed E-state index contributed by atoms with van der Waals surface area (Å²) in [5.74, 6) is 0.918. The van der Waals surface area contributed by atoms with Crippen molar-refractivity contribution < 1.29 is 13.9 Å². The molecule has 19 heavy (non-hydrogen) atoms. The van der Waals surface area contributed by atoms with E-state index in [1.807, 2.05) is 0 Å². The van der Waals surface area contributed by atoms with Crippen LogP contribution >= 0.6 is 0 Å². The lowest BCUT2D eigenvalue weighted by molar-refractivity contribution is 0.0968. The first kappa shape index (κ1) is 14.0. The number of carbonyl (C=O) groups is 1. The molecule has 0 aromatic heterocycles. The summed E-state index contributed by atoms with van der Waals surface area (Å²) in [5, 5.41) is 0. The van der Waals surface area contributed by atoms with Gasteiger partial charge in [0.1, 0.15) is 0 Å². The number of rotatable bonds is 3. The van der Waals surface area contributed by atoms with Gasteiger partial charge in [0, 0.05) is 5.56 Å². The third-order valence-corrected chi connectivity index (χ3v) is 3.77. The predicted octanol–water partition coefficient (Wildman–Crippen LogP) is 4.23. The molecule has 2 rings (SSSR count). The van der Waals surface area contributed by atoms with Gasteiger partial charge < -0.3 is 4.74 Å². The second-order valence-electron chi connectivity index (χ2n) is 5.86. The molecule has 2 unspecified atom stereocenters. The molecule has 0 aliphatic heterocycles. The molecule has 1 saturated carbocycles. The topological polar surface area (TPSA) is 26.3 Å². The lowest BCUT2D eigenvalue weighted by atomic mass is 9.82. The van der Waals surface area contributed by atoms with Gasteiger partial charge in [-0.15, -0.1) is 0 Å². The highest BCUT2D eigenvalue weighted by atomic mass is 19.1. The van der Waals surface area contributed by atoms with E-state index in [-0.39, 0.29) is 17.6 Å². The molecule has 1 aliphatic carbocycles. The lowest BCUT2D eigenvalue weighted by Crippen LogP contribution is -2.28. The van der Waals surface area contributed by atoms with E-state index in [0.29, 0.717) is 17.4 Å². The summed E-state index contributed by atoms with van der Waals surface area (Å²) in [5.41, 5.74) is 0.384. The van der Waals surface area contributed by atoms with Crippen molar-refractivity contribution in [1.29, 1.82) is 0 Å². The maximum atomic E-state index is 13.9. The molecule has 104 valence electrons. The normalized spacial score (nSPS) is 27.1. The van der Waals surface area contributed by atoms with Crippen LogP contribution in [0.2, 0.25) is 0 Å². The molecule has 0 N–H and O–H groups in total. The number of benzene rings is 1. The summed E-state index contributed by atoms with van der Waals surface area (Å²) in [6, 6.07) is 4.44. The standard InChI is InChI=1S/C16H21FO2/c1-10-6-11(2)8-14(7-10)19-16-5-4-13(12(3)18)9-15(16)17/h4-5,9-11,14H,6-8H2,1-3H3. The number of carbonyl (C=O) groups excluding carboxylic acids is 1. The van der Waals surface area contributed by atoms with E-state index in [1.54, 1.807) is 12.1 Å². The van der Waals surface area contributed by atoms with Gasteiger partial charge in [0.05, 0.1) is 6.10 Å². The predicted molar refractivity (Wildman–Crippen MR) is 73.0 cm³/mol. The highest BCUT2D eigenvalue weighted by molar-refractivity contribution is 5.94. The monoisotopic (exact) mass is 264 g/mol. The Hall–Kier alpha value is -1.38. The Morgan fingerprint density at radius 3 is 2.37 bits per heavy atom. The highest BCUT2D eigenvalue weighted by Crippen LogP contribution is 2.32. The summed E-state index contributed by atoms with van der Waals surface area (Å²) in [7, 11) is 0. The van der Waals surface area contributed by atoms with Gasteiger partial charge in [-0.3, -0.25) is 4.79 Å². The summed E-state index contributed by atoms with van der Waals surface area (Å²) >= 11 is 0. The molecule has 3 heteroatoms. The highest BCUT2D eigenvalue weighted by Gasteiger charge is 2.26. The summed E-state index contributed by atoms with van der Waals surface area (Å²) in [4.78, 5) is 11.2. The number of ether oxygens (including phenoxy) is 1. The number of hydrogen-bond acceptors (Lipinski definition) is 2. The Labute approximate surface area is 114 Å². The first-order chi connectivity index (χ1) is 8.95. The lowest BCUT2D eigenvalue weighted by Gasteiger charge is -2.31. The molecular weight excluding hydrogens is 243 g/mol. The Balaban J connectivity index is 2.08. The van der Waals surface area contributed by atoms with Crippen LogP contribution in [0.15, 0.2) is 18.2 Å². The van der Waals surface area contributed by atoms with E-state index in [9.17, 15) is 9.18 Å². The summed E-state index contributed by atoms with van der Waals surface area (Å²) < 4.78 is 19.7. The zero-order valence-electron chi connectivity index (χ0n) is 11.8. The molecule has 1 fully saturated rings. The largest absolute Gasteiger partial charge is 0.487 e. The fourth-order valence-electron chi connectivity index (χ4n) is 2.96. The third-order valence-electron chi connectivity index (χ3n) is 3.77. The third kappa shape index (κ3) is 3.55. The van der Waals surface area contributed by atoms with Crippen molar-refractivity contribution >= 4 is 5.78 Å². The van der Waals surface area contributed by atoms with Crippen molar-refractivity contribution in [1.82, 2.24) is 0 Å². The van der Waals surface area contributed by atoms with Crippen molar-refractivity contribution in [3.05, 3.63) is 29.6 Å². The Kier molecular flexibility index (Phi) is 4.23. The molecule has 2 atom stereocenters. The van der Waals surface area contributed by atoms with Crippen LogP contribution in [0.5, 0.6) is 5.75 Å². The van der Waals surface area contributed by atoms with Gasteiger partial charge in [0.2, 0.25) is 0 Å². The van der Waals surface area contributed by atoms with Crippen molar-refractivity contribution in [3.63, 3.8) is 0 Å². The van der Waals surface area contributed by atoms with Crippen LogP contribution in [-0.4, -0.2) is 11.9 Å². The first-order valence-corrected chi connectivity index (χ1v) is 6.93. The van der Waals surface area contributed by atoms with E-state index in [0.717, 1.165) is 12.8 Å². The molecule has 0 saturated heterocycles. The van der Waals surface area contributed by atoms with Crippen LogP contribution in [0.3, 0.4) is 0 Å². The number of halogens is 1. The fraction of sp³-hybridized carbons (Fsp3) is 0.562. The molecule has 0 heterocycles. The van der Waals surface area contributed by atoms with Gasteiger partial charge in [-0.1, -0.05) is 13.8 Å². The Morgan fingerprint density at radius 1 is 1.21 bits per heavy atom. The van der Waals surface area contributed by atoms with Gasteiger partial charge >= 0.3 is 0 Å². The molecule has 1 aliphatic rings. The second-order valence-corrected chi connectivity index (χ2v) is 5.86. The molecule has 1 aromatic rings. The molecule has 0 amide bonds.